The van der Waals surface area contributed by atoms with Crippen LogP contribution in [0.15, 0.2) is 30.3 Å². The molecule has 0 unspecified atom stereocenters. The molecule has 0 amide bonds. The van der Waals surface area contributed by atoms with Gasteiger partial charge in [-0.15, -0.1) is 0 Å². The van der Waals surface area contributed by atoms with Gasteiger partial charge in [-0.2, -0.15) is 0 Å². The second-order valence-corrected chi connectivity index (χ2v) is 3.36. The molecule has 5 heteroatoms. The van der Waals surface area contributed by atoms with Gasteiger partial charge in [0.05, 0.1) is 6.42 Å². The number of benzene rings is 1. The number of nitrogens with one attached hydrogen (secondary N) is 1. The summed E-state index contributed by atoms with van der Waals surface area (Å²) in [4.78, 5) is 21.2. The predicted octanol–water partition coefficient (Wildman–Crippen LogP) is 0.704. The minimum Gasteiger partial charge on any atom is -0.481 e. The topological polar surface area (TPSA) is 86.6 Å². The highest BCUT2D eigenvalue weighted by atomic mass is 16.4. The van der Waals surface area contributed by atoms with E-state index in [1.54, 1.807) is 0 Å². The first kappa shape index (κ1) is 12.2. The molecule has 0 heterocycles. The molecule has 16 heavy (non-hydrogen) atoms. The van der Waals surface area contributed by atoms with Crippen molar-refractivity contribution in [2.75, 3.05) is 0 Å². The third kappa shape index (κ3) is 4.10. The van der Waals surface area contributed by atoms with Gasteiger partial charge < -0.3 is 10.2 Å². The van der Waals surface area contributed by atoms with Crippen LogP contribution in [0.5, 0.6) is 0 Å². The summed E-state index contributed by atoms with van der Waals surface area (Å²) in [5.74, 6) is -2.29. The van der Waals surface area contributed by atoms with Crippen molar-refractivity contribution in [3.8, 4) is 0 Å². The summed E-state index contributed by atoms with van der Waals surface area (Å²) in [6, 6.07) is 8.15. The number of rotatable bonds is 6. The largest absolute Gasteiger partial charge is 0.481 e. The maximum atomic E-state index is 10.7. The molecule has 0 bridgehead atoms. The average molecular weight is 223 g/mol. The SMILES string of the molecule is O=C(O)C[C@@H](NCc1ccccc1)C(=O)O. The van der Waals surface area contributed by atoms with Crippen molar-refractivity contribution in [1.29, 1.82) is 0 Å². The number of carboxylic acid groups (broad SMARTS) is 2. The van der Waals surface area contributed by atoms with Crippen molar-refractivity contribution < 1.29 is 19.8 Å². The van der Waals surface area contributed by atoms with E-state index in [-0.39, 0.29) is 0 Å². The second-order valence-electron chi connectivity index (χ2n) is 3.36. The van der Waals surface area contributed by atoms with E-state index < -0.39 is 24.4 Å². The lowest BCUT2D eigenvalue weighted by Crippen LogP contribution is -2.38. The molecule has 1 aromatic rings. The van der Waals surface area contributed by atoms with Crippen LogP contribution in [0.25, 0.3) is 0 Å². The molecule has 0 radical (unpaired) electrons. The Kier molecular flexibility index (Phi) is 4.47. The summed E-state index contributed by atoms with van der Waals surface area (Å²) in [5, 5.41) is 20.0. The molecule has 1 atom stereocenters. The molecule has 5 nitrogen and oxygen atoms in total. The van der Waals surface area contributed by atoms with Crippen LogP contribution < -0.4 is 5.32 Å². The van der Waals surface area contributed by atoms with Gasteiger partial charge in [-0.3, -0.25) is 14.9 Å². The molecule has 86 valence electrons. The molecule has 0 spiro atoms. The molecule has 1 rings (SSSR count). The molecule has 0 saturated carbocycles. The Morgan fingerprint density at radius 3 is 2.31 bits per heavy atom. The van der Waals surface area contributed by atoms with Gasteiger partial charge in [0.25, 0.3) is 0 Å². The molecule has 0 aromatic heterocycles. The fourth-order valence-corrected chi connectivity index (χ4v) is 1.26. The van der Waals surface area contributed by atoms with E-state index in [0.717, 1.165) is 5.56 Å². The number of carbonyl (C=O) groups is 2. The molecule has 0 aliphatic rings. The highest BCUT2D eigenvalue weighted by Crippen LogP contribution is 2.00. The van der Waals surface area contributed by atoms with Gasteiger partial charge in [-0.25, -0.2) is 0 Å². The normalized spacial score (nSPS) is 12.0. The van der Waals surface area contributed by atoms with Crippen LogP contribution in [0.2, 0.25) is 0 Å². The van der Waals surface area contributed by atoms with Crippen molar-refractivity contribution in [3.05, 3.63) is 35.9 Å². The molecule has 1 aromatic carbocycles. The van der Waals surface area contributed by atoms with Crippen molar-refractivity contribution in [2.24, 2.45) is 0 Å². The van der Waals surface area contributed by atoms with Crippen LogP contribution >= 0.6 is 0 Å². The lowest BCUT2D eigenvalue weighted by molar-refractivity contribution is -0.146. The van der Waals surface area contributed by atoms with Crippen molar-refractivity contribution in [1.82, 2.24) is 5.32 Å². The van der Waals surface area contributed by atoms with Gasteiger partial charge in [0, 0.05) is 6.54 Å². The van der Waals surface area contributed by atoms with Gasteiger partial charge in [-0.1, -0.05) is 30.3 Å². The number of hydrogen-bond donors (Lipinski definition) is 3. The van der Waals surface area contributed by atoms with Gasteiger partial charge in [-0.05, 0) is 5.56 Å². The second kappa shape index (κ2) is 5.87. The van der Waals surface area contributed by atoms with Crippen LogP contribution in [0, 0.1) is 0 Å². The zero-order valence-electron chi connectivity index (χ0n) is 8.59. The summed E-state index contributed by atoms with van der Waals surface area (Å²) in [6.07, 6.45) is -0.428. The van der Waals surface area contributed by atoms with Crippen molar-refractivity contribution in [2.45, 2.75) is 19.0 Å². The maximum absolute atomic E-state index is 10.7. The molecule has 0 aliphatic heterocycles. The monoisotopic (exact) mass is 223 g/mol. The quantitative estimate of drug-likeness (QED) is 0.661. The van der Waals surface area contributed by atoms with Gasteiger partial charge in [0.1, 0.15) is 6.04 Å². The van der Waals surface area contributed by atoms with Crippen LogP contribution in [0.3, 0.4) is 0 Å². The summed E-state index contributed by atoms with van der Waals surface area (Å²) >= 11 is 0. The minimum absolute atomic E-state index is 0.338. The lowest BCUT2D eigenvalue weighted by atomic mass is 10.1. The first-order valence-corrected chi connectivity index (χ1v) is 4.81. The lowest BCUT2D eigenvalue weighted by Gasteiger charge is -2.11. The van der Waals surface area contributed by atoms with Crippen LogP contribution in [-0.4, -0.2) is 28.2 Å². The zero-order chi connectivity index (χ0) is 12.0. The molecule has 3 N–H and O–H groups in total. The zero-order valence-corrected chi connectivity index (χ0v) is 8.59. The molecule has 0 saturated heterocycles. The fourth-order valence-electron chi connectivity index (χ4n) is 1.26. The average Bonchev–Trinajstić information content (AvgIpc) is 2.25. The Labute approximate surface area is 92.7 Å². The van der Waals surface area contributed by atoms with Crippen molar-refractivity contribution >= 4 is 11.9 Å². The Bertz CT molecular complexity index is 364. The van der Waals surface area contributed by atoms with Crippen LogP contribution in [-0.2, 0) is 16.1 Å². The first-order chi connectivity index (χ1) is 7.59. The first-order valence-electron chi connectivity index (χ1n) is 4.81. The standard InChI is InChI=1S/C11H13NO4/c13-10(14)6-9(11(15)16)12-7-8-4-2-1-3-5-8/h1-5,9,12H,6-7H2,(H,13,14)(H,15,16)/t9-/m1/s1. The molecular formula is C11H13NO4. The Morgan fingerprint density at radius 2 is 1.81 bits per heavy atom. The molecule has 0 aliphatic carbocycles. The van der Waals surface area contributed by atoms with E-state index in [2.05, 4.69) is 5.32 Å². The van der Waals surface area contributed by atoms with E-state index in [1.165, 1.54) is 0 Å². The molecular weight excluding hydrogens is 210 g/mol. The Hall–Kier alpha value is -1.88. The summed E-state index contributed by atoms with van der Waals surface area (Å²) in [7, 11) is 0. The third-order valence-corrected chi connectivity index (χ3v) is 2.07. The summed E-state index contributed by atoms with van der Waals surface area (Å²) in [6.45, 7) is 0.338. The summed E-state index contributed by atoms with van der Waals surface area (Å²) < 4.78 is 0. The molecule has 0 fully saturated rings. The van der Waals surface area contributed by atoms with Gasteiger partial charge in [0.2, 0.25) is 0 Å². The van der Waals surface area contributed by atoms with Crippen LogP contribution in [0.4, 0.5) is 0 Å². The van der Waals surface area contributed by atoms with Gasteiger partial charge >= 0.3 is 11.9 Å². The highest BCUT2D eigenvalue weighted by Gasteiger charge is 2.19. The number of aliphatic carboxylic acids is 2. The van der Waals surface area contributed by atoms with Gasteiger partial charge in [0.15, 0.2) is 0 Å². The Balaban J connectivity index is 2.50. The number of carboxylic acids is 2. The van der Waals surface area contributed by atoms with E-state index >= 15 is 0 Å². The maximum Gasteiger partial charge on any atom is 0.321 e. The van der Waals surface area contributed by atoms with E-state index in [1.807, 2.05) is 30.3 Å². The Morgan fingerprint density at radius 1 is 1.19 bits per heavy atom. The summed E-state index contributed by atoms with van der Waals surface area (Å²) in [5.41, 5.74) is 0.916. The smallest absolute Gasteiger partial charge is 0.321 e. The number of hydrogen-bond acceptors (Lipinski definition) is 3. The fraction of sp³-hybridized carbons (Fsp3) is 0.273. The van der Waals surface area contributed by atoms with E-state index in [0.29, 0.717) is 6.54 Å². The minimum atomic E-state index is -1.15. The third-order valence-electron chi connectivity index (χ3n) is 2.07. The van der Waals surface area contributed by atoms with Crippen LogP contribution in [0.1, 0.15) is 12.0 Å². The van der Waals surface area contributed by atoms with E-state index in [4.69, 9.17) is 10.2 Å². The van der Waals surface area contributed by atoms with E-state index in [9.17, 15) is 9.59 Å². The van der Waals surface area contributed by atoms with Crippen molar-refractivity contribution in [3.63, 3.8) is 0 Å². The predicted molar refractivity (Wildman–Crippen MR) is 57.0 cm³/mol. The highest BCUT2D eigenvalue weighted by molar-refractivity contribution is 5.80.